The molecule has 0 saturated carbocycles. The van der Waals surface area contributed by atoms with Crippen molar-refractivity contribution in [1.82, 2.24) is 15.5 Å². The second kappa shape index (κ2) is 10.9. The van der Waals surface area contributed by atoms with E-state index in [9.17, 15) is 19.2 Å². The van der Waals surface area contributed by atoms with E-state index in [-0.39, 0.29) is 18.9 Å². The topological polar surface area (TPSA) is 108 Å². The number of imide groups is 1. The van der Waals surface area contributed by atoms with E-state index in [4.69, 9.17) is 0 Å². The molecule has 184 valence electrons. The Balaban J connectivity index is 1.72. The van der Waals surface area contributed by atoms with Gasteiger partial charge in [0.15, 0.2) is 0 Å². The van der Waals surface area contributed by atoms with E-state index in [1.54, 1.807) is 12.1 Å². The predicted octanol–water partition coefficient (Wildman–Crippen LogP) is 3.61. The molecule has 2 atom stereocenters. The van der Waals surface area contributed by atoms with Gasteiger partial charge in [-0.05, 0) is 36.1 Å². The third kappa shape index (κ3) is 5.60. The van der Waals surface area contributed by atoms with Crippen molar-refractivity contribution in [1.29, 1.82) is 0 Å². The van der Waals surface area contributed by atoms with Crippen LogP contribution in [-0.2, 0) is 20.9 Å². The van der Waals surface area contributed by atoms with Crippen LogP contribution in [0.3, 0.4) is 0 Å². The largest absolute Gasteiger partial charge is 0.325 e. The number of nitrogens with zero attached hydrogens (tertiary/aromatic N) is 1. The lowest BCUT2D eigenvalue weighted by molar-refractivity contribution is -0.141. The number of rotatable bonds is 8. The molecule has 8 heteroatoms. The van der Waals surface area contributed by atoms with Gasteiger partial charge in [-0.2, -0.15) is 0 Å². The molecule has 1 heterocycles. The van der Waals surface area contributed by atoms with Gasteiger partial charge in [-0.25, -0.2) is 4.79 Å². The molecule has 8 nitrogen and oxygen atoms in total. The van der Waals surface area contributed by atoms with Crippen LogP contribution in [0.4, 0.5) is 10.5 Å². The minimum atomic E-state index is -0.999. The normalized spacial score (nSPS) is 15.6. The first-order valence-corrected chi connectivity index (χ1v) is 11.7. The molecule has 4 rings (SSSR count). The minimum absolute atomic E-state index is 0.141. The van der Waals surface area contributed by atoms with Crippen molar-refractivity contribution in [3.05, 3.63) is 101 Å². The Bertz CT molecular complexity index is 1260. The zero-order chi connectivity index (χ0) is 25.7. The Labute approximate surface area is 209 Å². The summed E-state index contributed by atoms with van der Waals surface area (Å²) in [5.41, 5.74) is 3.96. The molecule has 3 N–H and O–H groups in total. The molecule has 1 aliphatic rings. The third-order valence-corrected chi connectivity index (χ3v) is 6.16. The summed E-state index contributed by atoms with van der Waals surface area (Å²) in [4.78, 5) is 52.7. The van der Waals surface area contributed by atoms with Crippen molar-refractivity contribution in [2.45, 2.75) is 38.9 Å². The molecule has 0 bridgehead atoms. The van der Waals surface area contributed by atoms with E-state index >= 15 is 0 Å². The van der Waals surface area contributed by atoms with Crippen molar-refractivity contribution in [3.63, 3.8) is 0 Å². The van der Waals surface area contributed by atoms with Gasteiger partial charge in [0.25, 0.3) is 11.8 Å². The Morgan fingerprint density at radius 3 is 2.08 bits per heavy atom. The second-order valence-corrected chi connectivity index (χ2v) is 8.80. The third-order valence-electron chi connectivity index (χ3n) is 6.16. The number of benzene rings is 3. The highest BCUT2D eigenvalue weighted by Crippen LogP contribution is 2.28. The highest BCUT2D eigenvalue weighted by molar-refractivity contribution is 6.06. The monoisotopic (exact) mass is 484 g/mol. The standard InChI is InChI=1S/C28H28N4O4/c1-18-10-9-11-19(2)24(18)30-27(35)25(21-14-7-4-8-15-21)32(17-20-12-5-3-6-13-20)23(33)16-22-26(34)31-28(36)29-22/h3-15,22,25H,16-17H2,1-2H3,(H,30,35)(H2,29,31,34,36)/t22-,25+/m0/s1. The van der Waals surface area contributed by atoms with Crippen LogP contribution in [0.25, 0.3) is 0 Å². The van der Waals surface area contributed by atoms with Crippen molar-refractivity contribution < 1.29 is 19.2 Å². The number of urea groups is 1. The van der Waals surface area contributed by atoms with Gasteiger partial charge >= 0.3 is 6.03 Å². The summed E-state index contributed by atoms with van der Waals surface area (Å²) in [7, 11) is 0. The fourth-order valence-corrected chi connectivity index (χ4v) is 4.31. The van der Waals surface area contributed by atoms with Crippen LogP contribution in [0.5, 0.6) is 0 Å². The molecule has 3 aromatic rings. The van der Waals surface area contributed by atoms with Gasteiger partial charge in [0, 0.05) is 12.2 Å². The molecule has 3 aromatic carbocycles. The lowest BCUT2D eigenvalue weighted by Gasteiger charge is -2.32. The van der Waals surface area contributed by atoms with Crippen molar-refractivity contribution in [3.8, 4) is 0 Å². The van der Waals surface area contributed by atoms with E-state index in [1.165, 1.54) is 4.90 Å². The molecule has 1 aliphatic heterocycles. The molecule has 1 fully saturated rings. The lowest BCUT2D eigenvalue weighted by Crippen LogP contribution is -2.44. The number of carbonyl (C=O) groups is 4. The van der Waals surface area contributed by atoms with Gasteiger partial charge in [-0.15, -0.1) is 0 Å². The summed E-state index contributed by atoms with van der Waals surface area (Å²) >= 11 is 0. The zero-order valence-electron chi connectivity index (χ0n) is 20.2. The first kappa shape index (κ1) is 24.7. The Morgan fingerprint density at radius 1 is 0.889 bits per heavy atom. The number of hydrogen-bond acceptors (Lipinski definition) is 4. The molecule has 0 aliphatic carbocycles. The lowest BCUT2D eigenvalue weighted by atomic mass is 10.0. The highest BCUT2D eigenvalue weighted by Gasteiger charge is 2.37. The number of aryl methyl sites for hydroxylation is 2. The van der Waals surface area contributed by atoms with Crippen LogP contribution in [0.2, 0.25) is 0 Å². The summed E-state index contributed by atoms with van der Waals surface area (Å²) in [6, 6.07) is 21.5. The SMILES string of the molecule is Cc1cccc(C)c1NC(=O)[C@@H](c1ccccc1)N(Cc1ccccc1)C(=O)C[C@@H]1NC(=O)NC1=O. The van der Waals surface area contributed by atoms with E-state index < -0.39 is 29.9 Å². The quantitative estimate of drug-likeness (QED) is 0.425. The number of nitrogens with one attached hydrogen (secondary N) is 3. The molecule has 0 spiro atoms. The highest BCUT2D eigenvalue weighted by atomic mass is 16.2. The van der Waals surface area contributed by atoms with Crippen molar-refractivity contribution in [2.75, 3.05) is 5.32 Å². The van der Waals surface area contributed by atoms with Gasteiger partial charge in [-0.1, -0.05) is 78.9 Å². The first-order valence-electron chi connectivity index (χ1n) is 11.7. The molecule has 0 unspecified atom stereocenters. The Morgan fingerprint density at radius 2 is 1.50 bits per heavy atom. The van der Waals surface area contributed by atoms with Gasteiger partial charge in [0.05, 0.1) is 6.42 Å². The van der Waals surface area contributed by atoms with Gasteiger partial charge in [0.2, 0.25) is 5.91 Å². The summed E-state index contributed by atoms with van der Waals surface area (Å²) in [6.07, 6.45) is -0.273. The maximum absolute atomic E-state index is 13.9. The Hall–Kier alpha value is -4.46. The Kier molecular flexibility index (Phi) is 7.44. The maximum atomic E-state index is 13.9. The van der Waals surface area contributed by atoms with Gasteiger partial charge in [-0.3, -0.25) is 19.7 Å². The van der Waals surface area contributed by atoms with Crippen LogP contribution < -0.4 is 16.0 Å². The summed E-state index contributed by atoms with van der Waals surface area (Å²) in [5.74, 6) is -1.38. The maximum Gasteiger partial charge on any atom is 0.322 e. The van der Waals surface area contributed by atoms with Gasteiger partial charge < -0.3 is 15.5 Å². The fraction of sp³-hybridized carbons (Fsp3) is 0.214. The fourth-order valence-electron chi connectivity index (χ4n) is 4.31. The summed E-state index contributed by atoms with van der Waals surface area (Å²) < 4.78 is 0. The number of hydrogen-bond donors (Lipinski definition) is 3. The average molecular weight is 485 g/mol. The van der Waals surface area contributed by atoms with Crippen molar-refractivity contribution in [2.24, 2.45) is 0 Å². The van der Waals surface area contributed by atoms with E-state index in [0.29, 0.717) is 11.3 Å². The number of anilines is 1. The van der Waals surface area contributed by atoms with Crippen LogP contribution in [0.1, 0.15) is 34.7 Å². The predicted molar refractivity (Wildman–Crippen MR) is 136 cm³/mol. The molecule has 0 radical (unpaired) electrons. The van der Waals surface area contributed by atoms with Crippen LogP contribution >= 0.6 is 0 Å². The first-order chi connectivity index (χ1) is 17.3. The smallest absolute Gasteiger partial charge is 0.322 e. The molecule has 36 heavy (non-hydrogen) atoms. The van der Waals surface area contributed by atoms with Crippen LogP contribution in [0.15, 0.2) is 78.9 Å². The minimum Gasteiger partial charge on any atom is -0.325 e. The average Bonchev–Trinajstić information content (AvgIpc) is 3.18. The summed E-state index contributed by atoms with van der Waals surface area (Å²) in [5, 5.41) is 7.64. The molecule has 1 saturated heterocycles. The van der Waals surface area contributed by atoms with Gasteiger partial charge in [0.1, 0.15) is 12.1 Å². The van der Waals surface area contributed by atoms with Crippen molar-refractivity contribution >= 4 is 29.4 Å². The molecular weight excluding hydrogens is 456 g/mol. The number of carbonyl (C=O) groups excluding carboxylic acids is 4. The molecule has 5 amide bonds. The second-order valence-electron chi connectivity index (χ2n) is 8.80. The number of para-hydroxylation sites is 1. The molecule has 0 aromatic heterocycles. The van der Waals surface area contributed by atoms with E-state index in [1.807, 2.05) is 80.6 Å². The van der Waals surface area contributed by atoms with E-state index in [2.05, 4.69) is 16.0 Å². The van der Waals surface area contributed by atoms with E-state index in [0.717, 1.165) is 16.7 Å². The molecular formula is C28H28N4O4. The zero-order valence-corrected chi connectivity index (χ0v) is 20.2. The van der Waals surface area contributed by atoms with Crippen LogP contribution in [0, 0.1) is 13.8 Å². The van der Waals surface area contributed by atoms with Crippen LogP contribution in [-0.4, -0.2) is 34.7 Å². The number of amides is 5. The summed E-state index contributed by atoms with van der Waals surface area (Å²) in [6.45, 7) is 3.96.